The summed E-state index contributed by atoms with van der Waals surface area (Å²) < 4.78 is 33.5. The van der Waals surface area contributed by atoms with Crippen molar-refractivity contribution in [1.82, 2.24) is 39.6 Å². The number of carboxylic acids is 1. The zero-order valence-electron chi connectivity index (χ0n) is 28.6. The lowest BCUT2D eigenvalue weighted by molar-refractivity contribution is -0.192. The SMILES string of the molecule is CN1CCC(CN2CCN(Cc3ccc(C(=O)NN(CC4CCCC4)c4nc(C#N)nc5c4ncn5C)cc3)CC2)CC1.O=C(O)C(F)(F)F. The maximum absolute atomic E-state index is 13.5. The van der Waals surface area contributed by atoms with Gasteiger partial charge in [0, 0.05) is 58.4 Å². The molecule has 13 nitrogen and oxygen atoms in total. The number of amides is 1. The molecular weight excluding hydrogens is 653 g/mol. The Balaban J connectivity index is 0.000000630. The molecule has 0 atom stereocenters. The number of rotatable bonds is 9. The average Bonchev–Trinajstić information content (AvgIpc) is 3.75. The Labute approximate surface area is 289 Å². The van der Waals surface area contributed by atoms with E-state index in [1.54, 1.807) is 15.9 Å². The van der Waals surface area contributed by atoms with E-state index in [4.69, 9.17) is 9.90 Å². The fraction of sp³-hybridized carbons (Fsp3) is 0.588. The molecule has 0 bridgehead atoms. The topological polar surface area (TPSA) is 147 Å². The number of nitrogens with zero attached hydrogens (tertiary/aromatic N) is 9. The summed E-state index contributed by atoms with van der Waals surface area (Å²) in [6, 6.07) is 10.0. The van der Waals surface area contributed by atoms with Gasteiger partial charge in [-0.15, -0.1) is 0 Å². The van der Waals surface area contributed by atoms with Gasteiger partial charge in [-0.2, -0.15) is 28.4 Å². The van der Waals surface area contributed by atoms with Crippen molar-refractivity contribution < 1.29 is 27.9 Å². The number of carbonyl (C=O) groups is 2. The lowest BCUT2D eigenvalue weighted by Gasteiger charge is -2.38. The number of aliphatic carboxylic acids is 1. The number of halogens is 3. The summed E-state index contributed by atoms with van der Waals surface area (Å²) in [4.78, 5) is 43.3. The number of hydrogen-bond donors (Lipinski definition) is 2. The monoisotopic (exact) mass is 698 g/mol. The van der Waals surface area contributed by atoms with Crippen LogP contribution in [-0.4, -0.2) is 117 Å². The number of piperidine rings is 1. The minimum Gasteiger partial charge on any atom is -0.475 e. The summed E-state index contributed by atoms with van der Waals surface area (Å²) in [7, 11) is 4.07. The van der Waals surface area contributed by atoms with E-state index in [2.05, 4.69) is 60.3 Å². The van der Waals surface area contributed by atoms with E-state index in [9.17, 15) is 23.2 Å². The highest BCUT2D eigenvalue weighted by molar-refractivity contribution is 5.96. The Morgan fingerprint density at radius 1 is 0.960 bits per heavy atom. The number of hydrazine groups is 1. The van der Waals surface area contributed by atoms with Crippen LogP contribution in [0.1, 0.15) is 60.3 Å². The highest BCUT2D eigenvalue weighted by Gasteiger charge is 2.38. The second kappa shape index (κ2) is 16.6. The van der Waals surface area contributed by atoms with Crippen LogP contribution >= 0.6 is 0 Å². The Morgan fingerprint density at radius 3 is 2.18 bits per heavy atom. The number of anilines is 1. The molecule has 2 aromatic heterocycles. The molecule has 3 aromatic rings. The largest absolute Gasteiger partial charge is 0.490 e. The van der Waals surface area contributed by atoms with Gasteiger partial charge in [-0.25, -0.2) is 9.78 Å². The summed E-state index contributed by atoms with van der Waals surface area (Å²) >= 11 is 0. The van der Waals surface area contributed by atoms with Gasteiger partial charge in [-0.1, -0.05) is 25.0 Å². The zero-order chi connectivity index (χ0) is 35.8. The van der Waals surface area contributed by atoms with Crippen molar-refractivity contribution in [3.8, 4) is 6.07 Å². The first kappa shape index (κ1) is 36.9. The van der Waals surface area contributed by atoms with E-state index in [0.29, 0.717) is 35.0 Å². The van der Waals surface area contributed by atoms with Crippen LogP contribution in [0.2, 0.25) is 0 Å². The number of benzene rings is 1. The summed E-state index contributed by atoms with van der Waals surface area (Å²) in [5, 5.41) is 18.5. The number of aryl methyl sites for hydroxylation is 1. The first-order valence-corrected chi connectivity index (χ1v) is 17.1. The molecule has 3 fully saturated rings. The average molecular weight is 699 g/mol. The van der Waals surface area contributed by atoms with Crippen molar-refractivity contribution in [3.63, 3.8) is 0 Å². The third kappa shape index (κ3) is 9.89. The normalized spacial score (nSPS) is 18.4. The van der Waals surface area contributed by atoms with Gasteiger partial charge in [0.25, 0.3) is 5.91 Å². The van der Waals surface area contributed by atoms with E-state index in [1.807, 2.05) is 19.2 Å². The Morgan fingerprint density at radius 2 is 1.58 bits per heavy atom. The van der Waals surface area contributed by atoms with Gasteiger partial charge >= 0.3 is 12.1 Å². The molecule has 50 heavy (non-hydrogen) atoms. The smallest absolute Gasteiger partial charge is 0.475 e. The Kier molecular flexibility index (Phi) is 12.3. The number of carbonyl (C=O) groups excluding carboxylic acids is 1. The number of nitrogens with one attached hydrogen (secondary N) is 1. The van der Waals surface area contributed by atoms with Gasteiger partial charge < -0.3 is 19.5 Å². The van der Waals surface area contributed by atoms with Crippen LogP contribution in [0.3, 0.4) is 0 Å². The molecule has 1 amide bonds. The predicted octanol–water partition coefficient (Wildman–Crippen LogP) is 3.67. The second-order valence-electron chi connectivity index (χ2n) is 13.5. The van der Waals surface area contributed by atoms with Crippen LogP contribution in [0.25, 0.3) is 11.2 Å². The highest BCUT2D eigenvalue weighted by Crippen LogP contribution is 2.29. The minimum atomic E-state index is -5.08. The van der Waals surface area contributed by atoms with E-state index in [-0.39, 0.29) is 11.7 Å². The molecule has 1 aromatic carbocycles. The fourth-order valence-corrected chi connectivity index (χ4v) is 6.81. The van der Waals surface area contributed by atoms with Crippen molar-refractivity contribution in [2.24, 2.45) is 18.9 Å². The van der Waals surface area contributed by atoms with E-state index < -0.39 is 12.1 Å². The molecule has 16 heteroatoms. The van der Waals surface area contributed by atoms with Gasteiger partial charge in [0.1, 0.15) is 6.07 Å². The zero-order valence-corrected chi connectivity index (χ0v) is 28.6. The number of piperazine rings is 1. The number of carboxylic acid groups (broad SMARTS) is 1. The maximum Gasteiger partial charge on any atom is 0.490 e. The summed E-state index contributed by atoms with van der Waals surface area (Å²) in [6.07, 6.45) is 3.81. The van der Waals surface area contributed by atoms with Crippen molar-refractivity contribution in [3.05, 3.63) is 47.5 Å². The highest BCUT2D eigenvalue weighted by atomic mass is 19.4. The molecule has 3 aliphatic rings. The molecule has 4 heterocycles. The van der Waals surface area contributed by atoms with E-state index in [1.165, 1.54) is 50.9 Å². The number of fused-ring (bicyclic) bond motifs is 1. The van der Waals surface area contributed by atoms with Crippen LogP contribution in [0, 0.1) is 23.2 Å². The predicted molar refractivity (Wildman–Crippen MR) is 180 cm³/mol. The lowest BCUT2D eigenvalue weighted by Crippen LogP contribution is -2.48. The third-order valence-corrected chi connectivity index (χ3v) is 9.73. The quantitative estimate of drug-likeness (QED) is 0.316. The number of imidazole rings is 1. The van der Waals surface area contributed by atoms with E-state index in [0.717, 1.165) is 51.5 Å². The maximum atomic E-state index is 13.5. The van der Waals surface area contributed by atoms with Crippen LogP contribution in [0.4, 0.5) is 19.0 Å². The third-order valence-electron chi connectivity index (χ3n) is 9.73. The number of likely N-dealkylation sites (tertiary alicyclic amines) is 1. The van der Waals surface area contributed by atoms with Crippen LogP contribution in [0.5, 0.6) is 0 Å². The van der Waals surface area contributed by atoms with Crippen molar-refractivity contribution in [2.45, 2.75) is 51.2 Å². The van der Waals surface area contributed by atoms with Gasteiger partial charge in [0.2, 0.25) is 5.82 Å². The van der Waals surface area contributed by atoms with E-state index >= 15 is 0 Å². The van der Waals surface area contributed by atoms with Crippen LogP contribution in [-0.2, 0) is 18.4 Å². The van der Waals surface area contributed by atoms with Gasteiger partial charge in [0.05, 0.1) is 6.33 Å². The van der Waals surface area contributed by atoms with Gasteiger partial charge in [-0.05, 0) is 75.4 Å². The molecule has 1 aliphatic carbocycles. The standard InChI is InChI=1S/C32H44N10O.C2HF3O2/c1-38-13-11-26(12-14-38)21-41-17-15-40(16-18-41)20-25-7-9-27(10-8-25)32(43)37-42(22-24-5-3-4-6-24)31-29-30(39(2)23-34-29)35-28(19-33)36-31;3-2(4,5)1(6)7/h7-10,23-24,26H,3-6,11-18,20-22H2,1-2H3,(H,37,43);(H,6,7). The number of alkyl halides is 3. The molecule has 0 unspecified atom stereocenters. The van der Waals surface area contributed by atoms with Gasteiger partial charge in [0.15, 0.2) is 17.0 Å². The molecule has 0 radical (unpaired) electrons. The second-order valence-corrected chi connectivity index (χ2v) is 13.5. The van der Waals surface area contributed by atoms with Gasteiger partial charge in [-0.3, -0.25) is 20.1 Å². The molecule has 2 N–H and O–H groups in total. The lowest BCUT2D eigenvalue weighted by atomic mass is 9.96. The summed E-state index contributed by atoms with van der Waals surface area (Å²) in [5.74, 6) is -1.15. The molecule has 1 saturated carbocycles. The van der Waals surface area contributed by atoms with Crippen molar-refractivity contribution in [1.29, 1.82) is 5.26 Å². The summed E-state index contributed by atoms with van der Waals surface area (Å²) in [6.45, 7) is 9.62. The number of aromatic nitrogens is 4. The molecule has 2 aliphatic heterocycles. The fourth-order valence-electron chi connectivity index (χ4n) is 6.81. The molecule has 2 saturated heterocycles. The molecule has 270 valence electrons. The number of nitriles is 1. The number of hydrogen-bond acceptors (Lipinski definition) is 10. The first-order valence-electron chi connectivity index (χ1n) is 17.1. The molecular formula is C34H45F3N10O3. The summed E-state index contributed by atoms with van der Waals surface area (Å²) in [5.41, 5.74) is 6.05. The Hall–Kier alpha value is -4.33. The molecule has 6 rings (SSSR count). The minimum absolute atomic E-state index is 0.0591. The Bertz CT molecular complexity index is 1640. The van der Waals surface area contributed by atoms with Crippen LogP contribution in [0.15, 0.2) is 30.6 Å². The first-order chi connectivity index (χ1) is 23.9. The van der Waals surface area contributed by atoms with Crippen molar-refractivity contribution in [2.75, 3.05) is 64.4 Å². The van der Waals surface area contributed by atoms with Crippen molar-refractivity contribution >= 4 is 28.9 Å². The molecule has 0 spiro atoms. The van der Waals surface area contributed by atoms with Crippen LogP contribution < -0.4 is 10.4 Å².